The van der Waals surface area contributed by atoms with Crippen molar-refractivity contribution in [3.8, 4) is 0 Å². The number of rotatable bonds is 4. The normalized spacial score (nSPS) is 19.5. The number of carbonyl (C=O) groups is 1. The second-order valence-corrected chi connectivity index (χ2v) is 5.46. The number of aromatic nitrogens is 2. The SMILES string of the molecule is O=C1CC(CS)CN1CCc1cccc2[nH]ncc12. The first-order valence-corrected chi connectivity index (χ1v) is 7.21. The van der Waals surface area contributed by atoms with Crippen molar-refractivity contribution < 1.29 is 4.79 Å². The Morgan fingerprint density at radius 3 is 3.16 bits per heavy atom. The number of aromatic amines is 1. The highest BCUT2D eigenvalue weighted by atomic mass is 32.1. The van der Waals surface area contributed by atoms with Gasteiger partial charge in [-0.05, 0) is 29.7 Å². The van der Waals surface area contributed by atoms with Crippen molar-refractivity contribution in [2.24, 2.45) is 5.92 Å². The smallest absolute Gasteiger partial charge is 0.222 e. The number of amides is 1. The van der Waals surface area contributed by atoms with Crippen LogP contribution in [0.4, 0.5) is 0 Å². The van der Waals surface area contributed by atoms with Crippen LogP contribution < -0.4 is 0 Å². The van der Waals surface area contributed by atoms with Crippen LogP contribution in [0.15, 0.2) is 24.4 Å². The van der Waals surface area contributed by atoms with Crippen LogP contribution in [0.5, 0.6) is 0 Å². The highest BCUT2D eigenvalue weighted by molar-refractivity contribution is 7.80. The van der Waals surface area contributed by atoms with Crippen LogP contribution >= 0.6 is 12.6 Å². The number of thiol groups is 1. The van der Waals surface area contributed by atoms with Gasteiger partial charge in [0.2, 0.25) is 5.91 Å². The van der Waals surface area contributed by atoms with Crippen molar-refractivity contribution in [2.75, 3.05) is 18.8 Å². The average Bonchev–Trinajstić information content (AvgIpc) is 3.02. The lowest BCUT2D eigenvalue weighted by Crippen LogP contribution is -2.27. The maximum atomic E-state index is 11.9. The number of nitrogens with one attached hydrogen (secondary N) is 1. The van der Waals surface area contributed by atoms with E-state index in [-0.39, 0.29) is 5.91 Å². The number of H-pyrrole nitrogens is 1. The Balaban J connectivity index is 1.69. The molecule has 5 heteroatoms. The molecule has 3 rings (SSSR count). The summed E-state index contributed by atoms with van der Waals surface area (Å²) in [6.45, 7) is 1.64. The van der Waals surface area contributed by atoms with Gasteiger partial charge in [0.1, 0.15) is 0 Å². The Kier molecular flexibility index (Phi) is 3.46. The minimum absolute atomic E-state index is 0.262. The fraction of sp³-hybridized carbons (Fsp3) is 0.429. The van der Waals surface area contributed by atoms with Crippen LogP contribution in [-0.4, -0.2) is 39.8 Å². The van der Waals surface area contributed by atoms with Crippen molar-refractivity contribution in [1.82, 2.24) is 15.1 Å². The summed E-state index contributed by atoms with van der Waals surface area (Å²) in [5.41, 5.74) is 2.30. The minimum atomic E-state index is 0.262. The zero-order valence-electron chi connectivity index (χ0n) is 10.7. The van der Waals surface area contributed by atoms with Gasteiger partial charge in [0.15, 0.2) is 0 Å². The van der Waals surface area contributed by atoms with Crippen LogP contribution in [0.25, 0.3) is 10.9 Å². The molecule has 2 heterocycles. The molecule has 0 saturated carbocycles. The Hall–Kier alpha value is -1.49. The summed E-state index contributed by atoms with van der Waals surface area (Å²) in [4.78, 5) is 13.8. The highest BCUT2D eigenvalue weighted by Gasteiger charge is 2.28. The van der Waals surface area contributed by atoms with E-state index in [4.69, 9.17) is 0 Å². The summed E-state index contributed by atoms with van der Waals surface area (Å²) in [5.74, 6) is 1.47. The summed E-state index contributed by atoms with van der Waals surface area (Å²) in [5, 5.41) is 8.19. The van der Waals surface area contributed by atoms with Gasteiger partial charge < -0.3 is 4.90 Å². The number of hydrogen-bond acceptors (Lipinski definition) is 3. The fourth-order valence-corrected chi connectivity index (χ4v) is 2.94. The Morgan fingerprint density at radius 1 is 1.47 bits per heavy atom. The van der Waals surface area contributed by atoms with Gasteiger partial charge in [0.05, 0.1) is 11.7 Å². The van der Waals surface area contributed by atoms with E-state index in [0.29, 0.717) is 12.3 Å². The van der Waals surface area contributed by atoms with Gasteiger partial charge in [0, 0.05) is 24.9 Å². The molecule has 1 aliphatic rings. The third-order valence-electron chi connectivity index (χ3n) is 3.78. The van der Waals surface area contributed by atoms with Gasteiger partial charge in [-0.2, -0.15) is 17.7 Å². The molecule has 4 nitrogen and oxygen atoms in total. The zero-order chi connectivity index (χ0) is 13.2. The second-order valence-electron chi connectivity index (χ2n) is 5.09. The molecule has 2 aromatic rings. The fourth-order valence-electron chi connectivity index (χ4n) is 2.70. The molecule has 1 saturated heterocycles. The molecule has 1 aliphatic heterocycles. The van der Waals surface area contributed by atoms with Crippen molar-refractivity contribution in [3.63, 3.8) is 0 Å². The van der Waals surface area contributed by atoms with E-state index in [1.165, 1.54) is 5.56 Å². The number of benzene rings is 1. The summed E-state index contributed by atoms with van der Waals surface area (Å²) < 4.78 is 0. The van der Waals surface area contributed by atoms with E-state index in [1.807, 2.05) is 23.2 Å². The molecule has 1 aromatic heterocycles. The third kappa shape index (κ3) is 2.47. The Bertz CT molecular complexity index is 595. The lowest BCUT2D eigenvalue weighted by atomic mass is 10.1. The lowest BCUT2D eigenvalue weighted by molar-refractivity contribution is -0.127. The van der Waals surface area contributed by atoms with Crippen LogP contribution in [0, 0.1) is 5.92 Å². The van der Waals surface area contributed by atoms with E-state index >= 15 is 0 Å². The van der Waals surface area contributed by atoms with Crippen LogP contribution in [0.1, 0.15) is 12.0 Å². The number of likely N-dealkylation sites (tertiary alicyclic amines) is 1. The predicted molar refractivity (Wildman–Crippen MR) is 78.3 cm³/mol. The first kappa shape index (κ1) is 12.5. The molecule has 19 heavy (non-hydrogen) atoms. The molecule has 1 fully saturated rings. The predicted octanol–water partition coefficient (Wildman–Crippen LogP) is 1.88. The standard InChI is InChI=1S/C14H17N3OS/c18-14-6-10(9-19)8-17(14)5-4-11-2-1-3-13-12(11)7-15-16-13/h1-3,7,10,19H,4-6,8-9H2,(H,15,16). The van der Waals surface area contributed by atoms with E-state index in [2.05, 4.69) is 28.9 Å². The largest absolute Gasteiger partial charge is 0.342 e. The molecule has 1 unspecified atom stereocenters. The molecule has 1 N–H and O–H groups in total. The van der Waals surface area contributed by atoms with Gasteiger partial charge in [-0.15, -0.1) is 0 Å². The molecule has 1 aromatic carbocycles. The van der Waals surface area contributed by atoms with Crippen molar-refractivity contribution >= 4 is 29.4 Å². The number of nitrogens with zero attached hydrogens (tertiary/aromatic N) is 2. The van der Waals surface area contributed by atoms with Gasteiger partial charge in [0.25, 0.3) is 0 Å². The van der Waals surface area contributed by atoms with Crippen molar-refractivity contribution in [1.29, 1.82) is 0 Å². The molecule has 0 spiro atoms. The summed E-state index contributed by atoms with van der Waals surface area (Å²) in [7, 11) is 0. The maximum absolute atomic E-state index is 11.9. The summed E-state index contributed by atoms with van der Waals surface area (Å²) >= 11 is 4.28. The molecule has 0 bridgehead atoms. The monoisotopic (exact) mass is 275 g/mol. The third-order valence-corrected chi connectivity index (χ3v) is 4.30. The molecule has 0 radical (unpaired) electrons. The van der Waals surface area contributed by atoms with E-state index in [9.17, 15) is 4.79 Å². The van der Waals surface area contributed by atoms with Crippen molar-refractivity contribution in [2.45, 2.75) is 12.8 Å². The molecular formula is C14H17N3OS. The van der Waals surface area contributed by atoms with E-state index in [1.54, 1.807) is 0 Å². The van der Waals surface area contributed by atoms with Crippen molar-refractivity contribution in [3.05, 3.63) is 30.0 Å². The Labute approximate surface area is 117 Å². The molecule has 1 amide bonds. The number of carbonyl (C=O) groups excluding carboxylic acids is 1. The van der Waals surface area contributed by atoms with Crippen LogP contribution in [-0.2, 0) is 11.2 Å². The average molecular weight is 275 g/mol. The first-order chi connectivity index (χ1) is 9.28. The highest BCUT2D eigenvalue weighted by Crippen LogP contribution is 2.21. The topological polar surface area (TPSA) is 49.0 Å². The zero-order valence-corrected chi connectivity index (χ0v) is 11.6. The van der Waals surface area contributed by atoms with E-state index in [0.717, 1.165) is 36.2 Å². The lowest BCUT2D eigenvalue weighted by Gasteiger charge is -2.16. The van der Waals surface area contributed by atoms with E-state index < -0.39 is 0 Å². The first-order valence-electron chi connectivity index (χ1n) is 6.57. The van der Waals surface area contributed by atoms with Gasteiger partial charge in [-0.1, -0.05) is 12.1 Å². The summed E-state index contributed by atoms with van der Waals surface area (Å²) in [6.07, 6.45) is 3.38. The quantitative estimate of drug-likeness (QED) is 0.837. The second kappa shape index (κ2) is 5.25. The van der Waals surface area contributed by atoms with Crippen LogP contribution in [0.2, 0.25) is 0 Å². The molecule has 100 valence electrons. The van der Waals surface area contributed by atoms with Gasteiger partial charge in [-0.25, -0.2) is 0 Å². The Morgan fingerprint density at radius 2 is 2.37 bits per heavy atom. The molecule has 1 atom stereocenters. The minimum Gasteiger partial charge on any atom is -0.342 e. The van der Waals surface area contributed by atoms with Gasteiger partial charge in [-0.3, -0.25) is 9.89 Å². The molecular weight excluding hydrogens is 258 g/mol. The van der Waals surface area contributed by atoms with Gasteiger partial charge >= 0.3 is 0 Å². The van der Waals surface area contributed by atoms with Crippen LogP contribution in [0.3, 0.4) is 0 Å². The number of fused-ring (bicyclic) bond motifs is 1. The maximum Gasteiger partial charge on any atom is 0.222 e. The summed E-state index contributed by atoms with van der Waals surface area (Å²) in [6, 6.07) is 6.15. The number of hydrogen-bond donors (Lipinski definition) is 2. The molecule has 0 aliphatic carbocycles.